The van der Waals surface area contributed by atoms with Gasteiger partial charge in [-0.25, -0.2) is 13.8 Å². The Balaban J connectivity index is 1.54. The molecule has 1 heterocycles. The van der Waals surface area contributed by atoms with Crippen molar-refractivity contribution >= 4 is 17.5 Å². The second-order valence-electron chi connectivity index (χ2n) is 6.09. The van der Waals surface area contributed by atoms with Crippen LogP contribution in [0.1, 0.15) is 30.8 Å². The van der Waals surface area contributed by atoms with E-state index in [-0.39, 0.29) is 12.3 Å². The molecule has 2 aromatic carbocycles. The summed E-state index contributed by atoms with van der Waals surface area (Å²) < 4.78 is 31.9. The van der Waals surface area contributed by atoms with Crippen molar-refractivity contribution in [2.24, 2.45) is 0 Å². The molecule has 0 aliphatic heterocycles. The number of carbonyl (C=O) groups is 1. The van der Waals surface area contributed by atoms with Gasteiger partial charge >= 0.3 is 0 Å². The van der Waals surface area contributed by atoms with Gasteiger partial charge in [-0.1, -0.05) is 17.7 Å². The molecule has 4 nitrogen and oxygen atoms in total. The largest absolute Gasteiger partial charge is 0.441 e. The number of aromatic nitrogens is 1. The van der Waals surface area contributed by atoms with Gasteiger partial charge in [-0.2, -0.15) is 0 Å². The molecule has 1 amide bonds. The Kier molecular flexibility index (Phi) is 5.86. The molecule has 0 aliphatic carbocycles. The number of aryl methyl sites for hydroxylation is 1. The molecule has 27 heavy (non-hydrogen) atoms. The van der Waals surface area contributed by atoms with Gasteiger partial charge in [0.05, 0.1) is 12.2 Å². The minimum absolute atomic E-state index is 0.161. The van der Waals surface area contributed by atoms with E-state index in [1.165, 1.54) is 6.07 Å². The maximum absolute atomic E-state index is 13.3. The monoisotopic (exact) mass is 390 g/mol. The van der Waals surface area contributed by atoms with Gasteiger partial charge < -0.3 is 9.73 Å². The van der Waals surface area contributed by atoms with Crippen molar-refractivity contribution in [2.75, 3.05) is 0 Å². The second-order valence-corrected chi connectivity index (χ2v) is 6.52. The Morgan fingerprint density at radius 3 is 2.63 bits per heavy atom. The molecular formula is C20H17ClF2N2O2. The lowest BCUT2D eigenvalue weighted by Crippen LogP contribution is -2.27. The first-order valence-corrected chi connectivity index (χ1v) is 8.75. The van der Waals surface area contributed by atoms with Crippen LogP contribution in [0.3, 0.4) is 0 Å². The van der Waals surface area contributed by atoms with Crippen LogP contribution >= 0.6 is 11.6 Å². The van der Waals surface area contributed by atoms with E-state index in [1.807, 2.05) is 12.1 Å². The maximum Gasteiger partial charge on any atom is 0.220 e. The van der Waals surface area contributed by atoms with Crippen molar-refractivity contribution in [2.45, 2.75) is 25.8 Å². The lowest BCUT2D eigenvalue weighted by Gasteiger charge is -2.14. The summed E-state index contributed by atoms with van der Waals surface area (Å²) >= 11 is 5.86. The molecule has 0 saturated heterocycles. The zero-order chi connectivity index (χ0) is 19.4. The molecule has 0 fully saturated rings. The molecule has 7 heteroatoms. The summed E-state index contributed by atoms with van der Waals surface area (Å²) in [5, 5.41) is 3.38. The van der Waals surface area contributed by atoms with E-state index in [0.29, 0.717) is 28.7 Å². The van der Waals surface area contributed by atoms with Crippen LogP contribution in [-0.4, -0.2) is 10.9 Å². The molecule has 0 saturated carbocycles. The minimum Gasteiger partial charge on any atom is -0.441 e. The van der Waals surface area contributed by atoms with E-state index in [9.17, 15) is 13.6 Å². The quantitative estimate of drug-likeness (QED) is 0.638. The van der Waals surface area contributed by atoms with Crippen LogP contribution in [0.2, 0.25) is 5.02 Å². The van der Waals surface area contributed by atoms with Crippen molar-refractivity contribution in [3.05, 3.63) is 76.8 Å². The van der Waals surface area contributed by atoms with Gasteiger partial charge in [-0.3, -0.25) is 4.79 Å². The number of carbonyl (C=O) groups excluding carboxylic acids is 1. The van der Waals surface area contributed by atoms with Crippen LogP contribution in [0.5, 0.6) is 0 Å². The summed E-state index contributed by atoms with van der Waals surface area (Å²) in [7, 11) is 0. The lowest BCUT2D eigenvalue weighted by atomic mass is 10.1. The number of amides is 1. The van der Waals surface area contributed by atoms with Crippen molar-refractivity contribution in [1.29, 1.82) is 0 Å². The average molecular weight is 391 g/mol. The lowest BCUT2D eigenvalue weighted by molar-refractivity contribution is -0.121. The normalized spacial score (nSPS) is 12.0. The minimum atomic E-state index is -0.942. The highest BCUT2D eigenvalue weighted by molar-refractivity contribution is 6.30. The molecule has 1 aromatic heterocycles. The number of oxazole rings is 1. The molecule has 3 rings (SSSR count). The number of benzene rings is 2. The first-order chi connectivity index (χ1) is 12.9. The predicted octanol–water partition coefficient (Wildman–Crippen LogP) is 5.08. The van der Waals surface area contributed by atoms with Crippen LogP contribution in [0.25, 0.3) is 11.3 Å². The first kappa shape index (κ1) is 19.0. The molecular weight excluding hydrogens is 374 g/mol. The third-order valence-electron chi connectivity index (χ3n) is 4.07. The van der Waals surface area contributed by atoms with Crippen LogP contribution in [0.15, 0.2) is 53.1 Å². The third-order valence-corrected chi connectivity index (χ3v) is 4.32. The number of rotatable bonds is 6. The van der Waals surface area contributed by atoms with Crippen LogP contribution in [0.4, 0.5) is 8.78 Å². The Labute approximate surface area is 160 Å². The number of hydrogen-bond donors (Lipinski definition) is 1. The Morgan fingerprint density at radius 1 is 1.19 bits per heavy atom. The van der Waals surface area contributed by atoms with E-state index in [0.717, 1.165) is 17.7 Å². The molecule has 0 bridgehead atoms. The number of halogens is 3. The van der Waals surface area contributed by atoms with E-state index in [2.05, 4.69) is 10.3 Å². The van der Waals surface area contributed by atoms with Gasteiger partial charge in [0.1, 0.15) is 0 Å². The molecule has 0 radical (unpaired) electrons. The van der Waals surface area contributed by atoms with Gasteiger partial charge in [0.15, 0.2) is 23.3 Å². The first-order valence-electron chi connectivity index (χ1n) is 8.37. The molecule has 0 aliphatic rings. The summed E-state index contributed by atoms with van der Waals surface area (Å²) in [5.41, 5.74) is 1.33. The second kappa shape index (κ2) is 8.31. The average Bonchev–Trinajstić information content (AvgIpc) is 3.12. The smallest absolute Gasteiger partial charge is 0.220 e. The van der Waals surface area contributed by atoms with Gasteiger partial charge in [-0.15, -0.1) is 0 Å². The fourth-order valence-corrected chi connectivity index (χ4v) is 2.70. The number of nitrogens with zero attached hydrogens (tertiary/aromatic N) is 1. The molecule has 3 aromatic rings. The van der Waals surface area contributed by atoms with E-state index >= 15 is 0 Å². The SMILES string of the molecule is CC(NC(=O)CCc1ncc(-c2ccc(Cl)cc2)o1)c1ccc(F)c(F)c1. The fourth-order valence-electron chi connectivity index (χ4n) is 2.57. The van der Waals surface area contributed by atoms with E-state index < -0.39 is 17.7 Å². The molecule has 140 valence electrons. The summed E-state index contributed by atoms with van der Waals surface area (Å²) in [4.78, 5) is 16.3. The number of nitrogens with one attached hydrogen (secondary N) is 1. The Morgan fingerprint density at radius 2 is 1.93 bits per heavy atom. The van der Waals surface area contributed by atoms with Crippen molar-refractivity contribution < 1.29 is 18.0 Å². The molecule has 1 unspecified atom stereocenters. The summed E-state index contributed by atoms with van der Waals surface area (Å²) in [6, 6.07) is 10.3. The highest BCUT2D eigenvalue weighted by atomic mass is 35.5. The van der Waals surface area contributed by atoms with Crippen molar-refractivity contribution in [1.82, 2.24) is 10.3 Å². The summed E-state index contributed by atoms with van der Waals surface area (Å²) in [5.74, 6) is -1.06. The maximum atomic E-state index is 13.3. The topological polar surface area (TPSA) is 55.1 Å². The Hall–Kier alpha value is -2.73. The summed E-state index contributed by atoms with van der Waals surface area (Å²) in [6.45, 7) is 1.70. The highest BCUT2D eigenvalue weighted by Crippen LogP contribution is 2.23. The zero-order valence-corrected chi connectivity index (χ0v) is 15.3. The predicted molar refractivity (Wildman–Crippen MR) is 98.2 cm³/mol. The molecule has 1 N–H and O–H groups in total. The van der Waals surface area contributed by atoms with Gasteiger partial charge in [0, 0.05) is 23.4 Å². The van der Waals surface area contributed by atoms with Crippen LogP contribution < -0.4 is 5.32 Å². The van der Waals surface area contributed by atoms with E-state index in [4.69, 9.17) is 16.0 Å². The highest BCUT2D eigenvalue weighted by Gasteiger charge is 2.14. The summed E-state index contributed by atoms with van der Waals surface area (Å²) in [6.07, 6.45) is 2.08. The van der Waals surface area contributed by atoms with E-state index in [1.54, 1.807) is 25.3 Å². The third kappa shape index (κ3) is 4.92. The van der Waals surface area contributed by atoms with Crippen molar-refractivity contribution in [3.8, 4) is 11.3 Å². The molecule has 1 atom stereocenters. The van der Waals surface area contributed by atoms with Crippen LogP contribution in [0, 0.1) is 11.6 Å². The van der Waals surface area contributed by atoms with Gasteiger partial charge in [-0.05, 0) is 48.9 Å². The molecule has 0 spiro atoms. The standard InChI is InChI=1S/C20H17ClF2N2O2/c1-12(14-4-7-16(22)17(23)10-14)25-19(26)8-9-20-24-11-18(27-20)13-2-5-15(21)6-3-13/h2-7,10-12H,8-9H2,1H3,(H,25,26). The van der Waals surface area contributed by atoms with Gasteiger partial charge in [0.2, 0.25) is 5.91 Å². The number of hydrogen-bond acceptors (Lipinski definition) is 3. The van der Waals surface area contributed by atoms with Crippen LogP contribution in [-0.2, 0) is 11.2 Å². The Bertz CT molecular complexity index is 941. The van der Waals surface area contributed by atoms with Gasteiger partial charge in [0.25, 0.3) is 0 Å². The fraction of sp³-hybridized carbons (Fsp3) is 0.200. The van der Waals surface area contributed by atoms with Crippen molar-refractivity contribution in [3.63, 3.8) is 0 Å². The zero-order valence-electron chi connectivity index (χ0n) is 14.5.